The van der Waals surface area contributed by atoms with E-state index >= 15 is 0 Å². The Hall–Kier alpha value is 0.670. The second kappa shape index (κ2) is 7.89. The first-order chi connectivity index (χ1) is 6.45. The summed E-state index contributed by atoms with van der Waals surface area (Å²) in [5, 5.41) is 20.3. The number of carbonyl (C=O) groups excluding carboxylic acids is 2. The van der Waals surface area contributed by atoms with Crippen LogP contribution in [-0.2, 0) is 0 Å². The normalized spacial score (nSPS) is 8.62. The summed E-state index contributed by atoms with van der Waals surface area (Å²) in [6.45, 7) is 0. The zero-order chi connectivity index (χ0) is 10.9. The van der Waals surface area contributed by atoms with Crippen molar-refractivity contribution in [2.75, 3.05) is 0 Å². The monoisotopic (exact) mass is 279 g/mol. The van der Waals surface area contributed by atoms with Crippen LogP contribution < -0.4 is 69.3 Å². The Labute approximate surface area is 145 Å². The third kappa shape index (κ3) is 4.16. The van der Waals surface area contributed by atoms with Gasteiger partial charge in [0.05, 0.1) is 27.7 Å². The predicted molar refractivity (Wildman–Crippen MR) is 42.9 cm³/mol. The summed E-state index contributed by atoms with van der Waals surface area (Å²) in [6, 6.07) is 0. The SMILES string of the molecule is O=C([O-])c1ncc(Cl)c(Cl)c1C(=O)[O-].[Na+].[Na+]. The molecule has 0 spiro atoms. The number of halogens is 2. The fourth-order valence-electron chi connectivity index (χ4n) is 0.807. The van der Waals surface area contributed by atoms with Crippen molar-refractivity contribution in [3.63, 3.8) is 0 Å². The zero-order valence-corrected chi connectivity index (χ0v) is 13.9. The first-order valence-electron chi connectivity index (χ1n) is 3.21. The summed E-state index contributed by atoms with van der Waals surface area (Å²) < 4.78 is 0. The Bertz CT molecular complexity index is 427. The largest absolute Gasteiger partial charge is 1.00 e. The minimum atomic E-state index is -1.77. The predicted octanol–water partition coefficient (Wildman–Crippen LogP) is -6.88. The Balaban J connectivity index is 0. The van der Waals surface area contributed by atoms with Gasteiger partial charge >= 0.3 is 59.1 Å². The van der Waals surface area contributed by atoms with E-state index in [0.29, 0.717) is 0 Å². The van der Waals surface area contributed by atoms with Gasteiger partial charge in [-0.15, -0.1) is 0 Å². The molecule has 0 bridgehead atoms. The zero-order valence-electron chi connectivity index (χ0n) is 8.41. The number of carboxylic acid groups (broad SMARTS) is 2. The topological polar surface area (TPSA) is 93.2 Å². The maximum Gasteiger partial charge on any atom is 1.00 e. The number of carboxylic acids is 2. The number of rotatable bonds is 2. The molecule has 0 saturated heterocycles. The molecule has 1 aromatic rings. The molecule has 0 saturated carbocycles. The van der Waals surface area contributed by atoms with Crippen molar-refractivity contribution in [2.45, 2.75) is 0 Å². The Morgan fingerprint density at radius 2 is 1.62 bits per heavy atom. The van der Waals surface area contributed by atoms with E-state index < -0.39 is 28.2 Å². The van der Waals surface area contributed by atoms with Crippen LogP contribution in [0.15, 0.2) is 6.20 Å². The van der Waals surface area contributed by atoms with Crippen LogP contribution in [-0.4, -0.2) is 16.9 Å². The molecule has 0 aliphatic carbocycles. The first kappa shape index (κ1) is 19.0. The molecule has 1 aromatic heterocycles. The van der Waals surface area contributed by atoms with Gasteiger partial charge in [-0.2, -0.15) is 0 Å². The Morgan fingerprint density at radius 1 is 1.12 bits per heavy atom. The molecule has 0 aliphatic heterocycles. The van der Waals surface area contributed by atoms with Crippen molar-refractivity contribution < 1.29 is 78.9 Å². The van der Waals surface area contributed by atoms with Gasteiger partial charge in [0.1, 0.15) is 0 Å². The molecule has 1 rings (SSSR count). The van der Waals surface area contributed by atoms with E-state index in [1.807, 2.05) is 0 Å². The van der Waals surface area contributed by atoms with Gasteiger partial charge in [0.15, 0.2) is 0 Å². The summed E-state index contributed by atoms with van der Waals surface area (Å²) in [5.74, 6) is -3.54. The first-order valence-corrected chi connectivity index (χ1v) is 3.97. The van der Waals surface area contributed by atoms with E-state index in [-0.39, 0.29) is 64.1 Å². The molecule has 0 radical (unpaired) electrons. The Morgan fingerprint density at radius 3 is 2.00 bits per heavy atom. The van der Waals surface area contributed by atoms with Gasteiger partial charge in [0.25, 0.3) is 0 Å². The molecular formula is C7HCl2NNa2O4. The van der Waals surface area contributed by atoms with Crippen molar-refractivity contribution in [2.24, 2.45) is 0 Å². The van der Waals surface area contributed by atoms with Gasteiger partial charge in [-0.3, -0.25) is 4.98 Å². The van der Waals surface area contributed by atoms with Gasteiger partial charge in [-0.05, 0) is 0 Å². The summed E-state index contributed by atoms with van der Waals surface area (Å²) in [4.78, 5) is 24.2. The smallest absolute Gasteiger partial charge is 0.545 e. The average molecular weight is 280 g/mol. The van der Waals surface area contributed by atoms with Gasteiger partial charge in [0.2, 0.25) is 0 Å². The van der Waals surface area contributed by atoms with Crippen LogP contribution in [0, 0.1) is 0 Å². The molecule has 5 nitrogen and oxygen atoms in total. The van der Waals surface area contributed by atoms with Crippen LogP contribution in [0.5, 0.6) is 0 Å². The number of carbonyl (C=O) groups is 2. The molecule has 9 heteroatoms. The van der Waals surface area contributed by atoms with Crippen LogP contribution >= 0.6 is 23.2 Å². The number of pyridine rings is 1. The fraction of sp³-hybridized carbons (Fsp3) is 0. The average Bonchev–Trinajstić information content (AvgIpc) is 2.08. The van der Waals surface area contributed by atoms with E-state index in [4.69, 9.17) is 23.2 Å². The second-order valence-corrected chi connectivity index (χ2v) is 3.00. The van der Waals surface area contributed by atoms with Crippen molar-refractivity contribution in [1.82, 2.24) is 4.98 Å². The molecule has 0 aliphatic rings. The van der Waals surface area contributed by atoms with Crippen LogP contribution in [0.3, 0.4) is 0 Å². The van der Waals surface area contributed by atoms with E-state index in [1.165, 1.54) is 0 Å². The Kier molecular flexibility index (Phi) is 9.38. The minimum absolute atomic E-state index is 0. The third-order valence-electron chi connectivity index (χ3n) is 1.37. The molecular weight excluding hydrogens is 279 g/mol. The molecule has 0 fully saturated rings. The van der Waals surface area contributed by atoms with Crippen LogP contribution in [0.4, 0.5) is 0 Å². The van der Waals surface area contributed by atoms with Crippen LogP contribution in [0.2, 0.25) is 10.0 Å². The molecule has 1 heterocycles. The van der Waals surface area contributed by atoms with Crippen LogP contribution in [0.1, 0.15) is 20.8 Å². The fourth-order valence-corrected chi connectivity index (χ4v) is 1.17. The van der Waals surface area contributed by atoms with E-state index in [2.05, 4.69) is 4.98 Å². The number of nitrogens with zero attached hydrogens (tertiary/aromatic N) is 1. The summed E-state index contributed by atoms with van der Waals surface area (Å²) >= 11 is 10.9. The maximum atomic E-state index is 10.5. The number of aromatic nitrogens is 1. The number of hydrogen-bond acceptors (Lipinski definition) is 5. The van der Waals surface area contributed by atoms with Gasteiger partial charge < -0.3 is 19.8 Å². The summed E-state index contributed by atoms with van der Waals surface area (Å²) in [5.41, 5.74) is -1.58. The van der Waals surface area contributed by atoms with Crippen molar-refractivity contribution in [3.05, 3.63) is 27.5 Å². The number of aromatic carboxylic acids is 2. The minimum Gasteiger partial charge on any atom is -0.545 e. The van der Waals surface area contributed by atoms with Gasteiger partial charge in [0, 0.05) is 11.8 Å². The molecule has 0 aromatic carbocycles. The molecule has 74 valence electrons. The quantitative estimate of drug-likeness (QED) is 0.502. The summed E-state index contributed by atoms with van der Waals surface area (Å²) in [7, 11) is 0. The second-order valence-electron chi connectivity index (χ2n) is 2.22. The molecule has 0 amide bonds. The number of hydrogen-bond donors (Lipinski definition) is 0. The van der Waals surface area contributed by atoms with Crippen molar-refractivity contribution in [1.29, 1.82) is 0 Å². The molecule has 0 unspecified atom stereocenters. The van der Waals surface area contributed by atoms with Gasteiger partial charge in [-0.25, -0.2) is 0 Å². The standard InChI is InChI=1S/C7H3Cl2NO4.2Na/c8-2-1-10-5(7(13)14)3(4(2)9)6(11)12;;/h1H,(H,11,12)(H,13,14);;/q;2*+1/p-2. The third-order valence-corrected chi connectivity index (χ3v) is 2.15. The van der Waals surface area contributed by atoms with E-state index in [0.717, 1.165) is 6.20 Å². The van der Waals surface area contributed by atoms with Gasteiger partial charge in [-0.1, -0.05) is 23.2 Å². The molecule has 16 heavy (non-hydrogen) atoms. The molecule has 0 atom stereocenters. The summed E-state index contributed by atoms with van der Waals surface area (Å²) in [6.07, 6.45) is 0.918. The molecule has 0 N–H and O–H groups in total. The van der Waals surface area contributed by atoms with Crippen molar-refractivity contribution >= 4 is 35.1 Å². The van der Waals surface area contributed by atoms with E-state index in [1.54, 1.807) is 0 Å². The van der Waals surface area contributed by atoms with Crippen LogP contribution in [0.25, 0.3) is 0 Å². The maximum absolute atomic E-state index is 10.5. The van der Waals surface area contributed by atoms with E-state index in [9.17, 15) is 19.8 Å². The van der Waals surface area contributed by atoms with Crippen molar-refractivity contribution in [3.8, 4) is 0 Å².